The molecule has 28 heavy (non-hydrogen) atoms. The fourth-order valence-electron chi connectivity index (χ4n) is 2.81. The van der Waals surface area contributed by atoms with E-state index >= 15 is 0 Å². The van der Waals surface area contributed by atoms with Crippen molar-refractivity contribution in [3.05, 3.63) is 37.9 Å². The van der Waals surface area contributed by atoms with Crippen LogP contribution >= 0.6 is 0 Å². The number of rotatable bonds is 8. The van der Waals surface area contributed by atoms with Gasteiger partial charge in [0.1, 0.15) is 12.7 Å². The summed E-state index contributed by atoms with van der Waals surface area (Å²) in [7, 11) is -8.12. The van der Waals surface area contributed by atoms with Crippen LogP contribution in [0, 0.1) is 27.2 Å². The summed E-state index contributed by atoms with van der Waals surface area (Å²) in [6.07, 6.45) is -1.71. The number of primary sulfonamides is 1. The summed E-state index contributed by atoms with van der Waals surface area (Å²) >= 11 is 0. The first-order valence-electron chi connectivity index (χ1n) is 7.55. The monoisotopic (exact) mass is 440 g/mol. The van der Waals surface area contributed by atoms with Gasteiger partial charge in [-0.15, -0.1) is 20.2 Å². The average molecular weight is 440 g/mol. The lowest BCUT2D eigenvalue weighted by Crippen LogP contribution is -2.39. The summed E-state index contributed by atoms with van der Waals surface area (Å²) in [5, 5.41) is 26.4. The Labute approximate surface area is 158 Å². The van der Waals surface area contributed by atoms with Gasteiger partial charge in [-0.2, -0.15) is 0 Å². The van der Waals surface area contributed by atoms with Crippen LogP contribution in [0.15, 0.2) is 21.9 Å². The van der Waals surface area contributed by atoms with Gasteiger partial charge in [0.05, 0.1) is 21.2 Å². The van der Waals surface area contributed by atoms with Crippen LogP contribution in [-0.4, -0.2) is 51.5 Å². The van der Waals surface area contributed by atoms with Crippen LogP contribution in [0.4, 0.5) is 5.69 Å². The topological polar surface area (TPSA) is 211 Å². The predicted molar refractivity (Wildman–Crippen MR) is 91.4 cm³/mol. The number of aryl methyl sites for hydroxylation is 1. The molecule has 0 aromatic heterocycles. The van der Waals surface area contributed by atoms with Crippen molar-refractivity contribution in [2.24, 2.45) is 5.14 Å². The molecule has 0 spiro atoms. The lowest BCUT2D eigenvalue weighted by Gasteiger charge is -2.29. The SMILES string of the molecule is Cc1cc2c(cc1S(N)(=O)=O)S(=O)(=O)CC(CC(CO[N+](=O)[O-])O[N+](=O)[O-])N2. The van der Waals surface area contributed by atoms with Gasteiger partial charge in [0.2, 0.25) is 10.0 Å². The van der Waals surface area contributed by atoms with Crippen LogP contribution in [-0.2, 0) is 29.5 Å². The van der Waals surface area contributed by atoms with E-state index in [1.807, 2.05) is 0 Å². The molecule has 1 aliphatic heterocycles. The molecule has 2 unspecified atom stereocenters. The van der Waals surface area contributed by atoms with Crippen LogP contribution in [0.25, 0.3) is 0 Å². The van der Waals surface area contributed by atoms with E-state index in [0.29, 0.717) is 0 Å². The van der Waals surface area contributed by atoms with E-state index in [-0.39, 0.29) is 27.5 Å². The summed E-state index contributed by atoms with van der Waals surface area (Å²) in [5.74, 6) is -0.552. The van der Waals surface area contributed by atoms with E-state index in [0.717, 1.165) is 6.07 Å². The van der Waals surface area contributed by atoms with Gasteiger partial charge >= 0.3 is 0 Å². The minimum Gasteiger partial charge on any atom is -0.380 e. The Morgan fingerprint density at radius 3 is 2.50 bits per heavy atom. The number of hydrogen-bond acceptors (Lipinski definition) is 11. The Kier molecular flexibility index (Phi) is 5.95. The number of nitrogens with two attached hydrogens (primary N) is 1. The maximum Gasteiger partial charge on any atom is 0.294 e. The highest BCUT2D eigenvalue weighted by Crippen LogP contribution is 2.33. The summed E-state index contributed by atoms with van der Waals surface area (Å²) in [5.41, 5.74) is 0.274. The summed E-state index contributed by atoms with van der Waals surface area (Å²) < 4.78 is 48.3. The lowest BCUT2D eigenvalue weighted by molar-refractivity contribution is -0.790. The zero-order chi connectivity index (χ0) is 21.3. The molecule has 16 heteroatoms. The smallest absolute Gasteiger partial charge is 0.294 e. The molecular weight excluding hydrogens is 424 g/mol. The third-order valence-electron chi connectivity index (χ3n) is 3.85. The molecule has 2 rings (SSSR count). The van der Waals surface area contributed by atoms with E-state index < -0.39 is 54.5 Å². The third-order valence-corrected chi connectivity index (χ3v) is 6.75. The molecule has 0 amide bonds. The van der Waals surface area contributed by atoms with E-state index in [9.17, 15) is 37.1 Å². The van der Waals surface area contributed by atoms with Gasteiger partial charge in [-0.1, -0.05) is 0 Å². The van der Waals surface area contributed by atoms with Crippen molar-refractivity contribution in [2.75, 3.05) is 17.7 Å². The van der Waals surface area contributed by atoms with Gasteiger partial charge in [-0.05, 0) is 31.0 Å². The third kappa shape index (κ3) is 5.17. The van der Waals surface area contributed by atoms with E-state index in [2.05, 4.69) is 15.0 Å². The molecular formula is C12H16N4O10S2. The Bertz CT molecular complexity index is 1010. The van der Waals surface area contributed by atoms with Crippen LogP contribution in [0.5, 0.6) is 0 Å². The maximum absolute atomic E-state index is 12.6. The first-order valence-corrected chi connectivity index (χ1v) is 10.7. The molecule has 2 atom stereocenters. The number of sulfonamides is 1. The highest BCUT2D eigenvalue weighted by molar-refractivity contribution is 7.92. The summed E-state index contributed by atoms with van der Waals surface area (Å²) in [6, 6.07) is 1.31. The largest absolute Gasteiger partial charge is 0.380 e. The van der Waals surface area contributed by atoms with Crippen LogP contribution < -0.4 is 10.5 Å². The number of nitrogens with zero attached hydrogens (tertiary/aromatic N) is 2. The predicted octanol–water partition coefficient (Wildman–Crippen LogP) is -0.614. The van der Waals surface area contributed by atoms with Gasteiger partial charge in [0.15, 0.2) is 9.84 Å². The number of benzene rings is 1. The normalized spacial score (nSPS) is 19.0. The molecule has 1 aliphatic rings. The summed E-state index contributed by atoms with van der Waals surface area (Å²) in [4.78, 5) is 28.6. The molecule has 1 aromatic carbocycles. The van der Waals surface area contributed by atoms with E-state index in [1.54, 1.807) is 0 Å². The molecule has 0 saturated heterocycles. The second-order valence-corrected chi connectivity index (χ2v) is 9.52. The first kappa shape index (κ1) is 21.6. The van der Waals surface area contributed by atoms with Gasteiger partial charge in [0, 0.05) is 6.04 Å². The summed E-state index contributed by atoms with van der Waals surface area (Å²) in [6.45, 7) is 0.643. The number of anilines is 1. The molecule has 0 fully saturated rings. The van der Waals surface area contributed by atoms with Crippen molar-refractivity contribution in [1.29, 1.82) is 0 Å². The van der Waals surface area contributed by atoms with Gasteiger partial charge in [0.25, 0.3) is 10.2 Å². The Hall–Kier alpha value is -2.72. The molecule has 0 bridgehead atoms. The highest BCUT2D eigenvalue weighted by atomic mass is 32.2. The van der Waals surface area contributed by atoms with Crippen LogP contribution in [0.1, 0.15) is 12.0 Å². The van der Waals surface area contributed by atoms with Gasteiger partial charge < -0.3 is 15.0 Å². The first-order chi connectivity index (χ1) is 12.8. The van der Waals surface area contributed by atoms with Crippen molar-refractivity contribution in [3.63, 3.8) is 0 Å². The minimum absolute atomic E-state index is 0.0798. The fraction of sp³-hybridized carbons (Fsp3) is 0.500. The van der Waals surface area contributed by atoms with E-state index in [4.69, 9.17) is 5.14 Å². The molecule has 156 valence electrons. The Morgan fingerprint density at radius 2 is 1.96 bits per heavy atom. The number of sulfone groups is 1. The molecule has 1 heterocycles. The van der Waals surface area contributed by atoms with Gasteiger partial charge in [-0.3, -0.25) is 0 Å². The van der Waals surface area contributed by atoms with Crippen molar-refractivity contribution < 1.29 is 36.7 Å². The fourth-order valence-corrected chi connectivity index (χ4v) is 5.36. The second kappa shape index (κ2) is 7.72. The quantitative estimate of drug-likeness (QED) is 0.384. The second-order valence-electron chi connectivity index (χ2n) is 5.99. The Morgan fingerprint density at radius 1 is 1.32 bits per heavy atom. The molecule has 0 aliphatic carbocycles. The standard InChI is InChI=1S/C12H16N4O10S2/c1-7-2-10-12(4-11(7)28(13,23)24)27(21,22)6-8(14-10)3-9(26-16(19)20)5-25-15(17)18/h2,4,8-9,14H,3,5-6H2,1H3,(H2,13,23,24). The van der Waals surface area contributed by atoms with Crippen molar-refractivity contribution in [1.82, 2.24) is 0 Å². The highest BCUT2D eigenvalue weighted by Gasteiger charge is 2.34. The van der Waals surface area contributed by atoms with Crippen molar-refractivity contribution in [3.8, 4) is 0 Å². The number of hydrogen-bond donors (Lipinski definition) is 2. The van der Waals surface area contributed by atoms with Crippen LogP contribution in [0.2, 0.25) is 0 Å². The van der Waals surface area contributed by atoms with Crippen molar-refractivity contribution in [2.45, 2.75) is 35.3 Å². The minimum atomic E-state index is -4.15. The zero-order valence-corrected chi connectivity index (χ0v) is 15.9. The molecule has 3 N–H and O–H groups in total. The maximum atomic E-state index is 12.6. The Balaban J connectivity index is 2.32. The zero-order valence-electron chi connectivity index (χ0n) is 14.3. The van der Waals surface area contributed by atoms with Gasteiger partial charge in [-0.25, -0.2) is 22.0 Å². The van der Waals surface area contributed by atoms with Crippen molar-refractivity contribution >= 4 is 25.5 Å². The molecule has 0 radical (unpaired) electrons. The van der Waals surface area contributed by atoms with E-state index in [1.165, 1.54) is 13.0 Å². The molecule has 14 nitrogen and oxygen atoms in total. The van der Waals surface area contributed by atoms with Crippen LogP contribution in [0.3, 0.4) is 0 Å². The molecule has 0 saturated carbocycles. The molecule has 1 aromatic rings. The lowest BCUT2D eigenvalue weighted by atomic mass is 10.1. The average Bonchev–Trinajstić information content (AvgIpc) is 2.49. The number of nitrogens with one attached hydrogen (secondary N) is 1. The number of fused-ring (bicyclic) bond motifs is 1.